The molecule has 0 aliphatic heterocycles. The van der Waals surface area contributed by atoms with Crippen LogP contribution in [0, 0.1) is 0 Å². The van der Waals surface area contributed by atoms with Gasteiger partial charge in [0.25, 0.3) is 0 Å². The van der Waals surface area contributed by atoms with Crippen molar-refractivity contribution in [2.24, 2.45) is 0 Å². The predicted molar refractivity (Wildman–Crippen MR) is 52.0 cm³/mol. The Morgan fingerprint density at radius 3 is 2.71 bits per heavy atom. The van der Waals surface area contributed by atoms with E-state index < -0.39 is 5.97 Å². The maximum atomic E-state index is 10.8. The van der Waals surface area contributed by atoms with Crippen LogP contribution in [-0.2, 0) is 10.2 Å². The Hall–Kier alpha value is -1.38. The van der Waals surface area contributed by atoms with Gasteiger partial charge in [-0.15, -0.1) is 0 Å². The van der Waals surface area contributed by atoms with Crippen molar-refractivity contribution in [1.82, 2.24) is 4.98 Å². The summed E-state index contributed by atoms with van der Waals surface area (Å²) in [5, 5.41) is 8.85. The van der Waals surface area contributed by atoms with Crippen LogP contribution in [0.4, 0.5) is 0 Å². The molecule has 0 radical (unpaired) electrons. The first-order valence-electron chi connectivity index (χ1n) is 4.86. The number of aromatic nitrogens is 1. The average molecular weight is 191 g/mol. The zero-order valence-electron chi connectivity index (χ0n) is 7.94. The van der Waals surface area contributed by atoms with Crippen LogP contribution in [0.2, 0.25) is 0 Å². The third kappa shape index (κ3) is 1.50. The fourth-order valence-electron chi connectivity index (χ4n) is 2.09. The van der Waals surface area contributed by atoms with Gasteiger partial charge in [0.1, 0.15) is 0 Å². The lowest BCUT2D eigenvalue weighted by molar-refractivity contribution is -0.139. The van der Waals surface area contributed by atoms with E-state index in [1.54, 1.807) is 6.20 Å². The van der Waals surface area contributed by atoms with Crippen LogP contribution in [-0.4, -0.2) is 16.1 Å². The number of aliphatic carboxylic acids is 1. The molecule has 1 aliphatic carbocycles. The molecule has 0 unspecified atom stereocenters. The second-order valence-corrected chi connectivity index (χ2v) is 3.92. The van der Waals surface area contributed by atoms with Crippen molar-refractivity contribution in [2.75, 3.05) is 0 Å². The molecular weight excluding hydrogens is 178 g/mol. The van der Waals surface area contributed by atoms with E-state index in [1.807, 2.05) is 18.2 Å². The molecule has 1 aliphatic rings. The van der Waals surface area contributed by atoms with Crippen LogP contribution in [0.25, 0.3) is 0 Å². The Kier molecular flexibility index (Phi) is 2.23. The summed E-state index contributed by atoms with van der Waals surface area (Å²) in [6, 6.07) is 5.71. The van der Waals surface area contributed by atoms with Crippen LogP contribution in [0.3, 0.4) is 0 Å². The lowest BCUT2D eigenvalue weighted by Gasteiger charge is -2.40. The van der Waals surface area contributed by atoms with E-state index >= 15 is 0 Å². The number of pyridine rings is 1. The summed E-state index contributed by atoms with van der Waals surface area (Å²) in [4.78, 5) is 15.0. The second kappa shape index (κ2) is 3.40. The molecule has 1 aromatic rings. The quantitative estimate of drug-likeness (QED) is 0.794. The largest absolute Gasteiger partial charge is 0.481 e. The van der Waals surface area contributed by atoms with Crippen LogP contribution in [0.5, 0.6) is 0 Å². The van der Waals surface area contributed by atoms with Gasteiger partial charge in [0.15, 0.2) is 0 Å². The Bertz CT molecular complexity index is 330. The number of rotatable bonds is 3. The standard InChI is InChI=1S/C11H13NO2/c13-10(14)8-11(5-3-6-11)9-4-1-2-7-12-9/h1-2,4,7H,3,5-6,8H2,(H,13,14). The van der Waals surface area contributed by atoms with Gasteiger partial charge in [0.05, 0.1) is 6.42 Å². The minimum atomic E-state index is -0.727. The van der Waals surface area contributed by atoms with Crippen molar-refractivity contribution < 1.29 is 9.90 Å². The first kappa shape index (κ1) is 9.19. The molecule has 1 N–H and O–H groups in total. The highest BCUT2D eigenvalue weighted by molar-refractivity contribution is 5.69. The van der Waals surface area contributed by atoms with E-state index in [0.29, 0.717) is 0 Å². The molecule has 2 rings (SSSR count). The third-order valence-corrected chi connectivity index (χ3v) is 3.01. The summed E-state index contributed by atoms with van der Waals surface area (Å²) >= 11 is 0. The molecule has 1 saturated carbocycles. The Labute approximate surface area is 82.8 Å². The molecule has 1 aromatic heterocycles. The SMILES string of the molecule is O=C(O)CC1(c2ccccn2)CCC1. The number of carboxylic acids is 1. The normalized spacial score (nSPS) is 18.6. The van der Waals surface area contributed by atoms with Crippen molar-refractivity contribution >= 4 is 5.97 Å². The first-order valence-corrected chi connectivity index (χ1v) is 4.86. The molecular formula is C11H13NO2. The fraction of sp³-hybridized carbons (Fsp3) is 0.455. The molecule has 14 heavy (non-hydrogen) atoms. The maximum Gasteiger partial charge on any atom is 0.304 e. The summed E-state index contributed by atoms with van der Waals surface area (Å²) < 4.78 is 0. The van der Waals surface area contributed by atoms with Crippen molar-refractivity contribution in [2.45, 2.75) is 31.1 Å². The van der Waals surface area contributed by atoms with Crippen molar-refractivity contribution in [3.8, 4) is 0 Å². The summed E-state index contributed by atoms with van der Waals surface area (Å²) in [6.07, 6.45) is 4.97. The van der Waals surface area contributed by atoms with Crippen LogP contribution < -0.4 is 0 Å². The number of carbonyl (C=O) groups is 1. The minimum absolute atomic E-state index is 0.174. The third-order valence-electron chi connectivity index (χ3n) is 3.01. The molecule has 1 fully saturated rings. The molecule has 1 heterocycles. The Morgan fingerprint density at radius 1 is 1.50 bits per heavy atom. The topological polar surface area (TPSA) is 50.2 Å². The van der Waals surface area contributed by atoms with Gasteiger partial charge >= 0.3 is 5.97 Å². The second-order valence-electron chi connectivity index (χ2n) is 3.92. The van der Waals surface area contributed by atoms with E-state index in [2.05, 4.69) is 4.98 Å². The lowest BCUT2D eigenvalue weighted by Crippen LogP contribution is -2.37. The highest BCUT2D eigenvalue weighted by Crippen LogP contribution is 2.45. The molecule has 0 spiro atoms. The van der Waals surface area contributed by atoms with Crippen molar-refractivity contribution in [3.63, 3.8) is 0 Å². The molecule has 0 aromatic carbocycles. The molecule has 0 atom stereocenters. The smallest absolute Gasteiger partial charge is 0.304 e. The van der Waals surface area contributed by atoms with Gasteiger partial charge in [-0.2, -0.15) is 0 Å². The van der Waals surface area contributed by atoms with Crippen molar-refractivity contribution in [1.29, 1.82) is 0 Å². The molecule has 0 saturated heterocycles. The highest BCUT2D eigenvalue weighted by atomic mass is 16.4. The van der Waals surface area contributed by atoms with Gasteiger partial charge in [-0.25, -0.2) is 0 Å². The molecule has 0 amide bonds. The minimum Gasteiger partial charge on any atom is -0.481 e. The predicted octanol–water partition coefficient (Wildman–Crippen LogP) is 1.98. The summed E-state index contributed by atoms with van der Waals surface area (Å²) in [6.45, 7) is 0. The molecule has 3 nitrogen and oxygen atoms in total. The number of hydrogen-bond donors (Lipinski definition) is 1. The van der Waals surface area contributed by atoms with Gasteiger partial charge in [-0.05, 0) is 25.0 Å². The van der Waals surface area contributed by atoms with E-state index in [1.165, 1.54) is 0 Å². The van der Waals surface area contributed by atoms with E-state index in [0.717, 1.165) is 25.0 Å². The van der Waals surface area contributed by atoms with Gasteiger partial charge < -0.3 is 5.11 Å². The van der Waals surface area contributed by atoms with Crippen molar-refractivity contribution in [3.05, 3.63) is 30.1 Å². The summed E-state index contributed by atoms with van der Waals surface area (Å²) in [7, 11) is 0. The molecule has 0 bridgehead atoms. The zero-order valence-corrected chi connectivity index (χ0v) is 7.94. The highest BCUT2D eigenvalue weighted by Gasteiger charge is 2.41. The van der Waals surface area contributed by atoms with Crippen LogP contribution in [0.1, 0.15) is 31.4 Å². The Balaban J connectivity index is 2.25. The van der Waals surface area contributed by atoms with Gasteiger partial charge in [-0.3, -0.25) is 9.78 Å². The maximum absolute atomic E-state index is 10.8. The summed E-state index contributed by atoms with van der Waals surface area (Å²) in [5.74, 6) is -0.727. The molecule has 3 heteroatoms. The number of hydrogen-bond acceptors (Lipinski definition) is 2. The lowest BCUT2D eigenvalue weighted by atomic mass is 9.64. The van der Waals surface area contributed by atoms with Gasteiger partial charge in [-0.1, -0.05) is 12.5 Å². The van der Waals surface area contributed by atoms with Crippen LogP contribution >= 0.6 is 0 Å². The monoisotopic (exact) mass is 191 g/mol. The first-order chi connectivity index (χ1) is 6.73. The number of nitrogens with zero attached hydrogens (tertiary/aromatic N) is 1. The van der Waals surface area contributed by atoms with E-state index in [9.17, 15) is 4.79 Å². The zero-order chi connectivity index (χ0) is 10.0. The van der Waals surface area contributed by atoms with E-state index in [-0.39, 0.29) is 11.8 Å². The average Bonchev–Trinajstić information content (AvgIpc) is 2.12. The number of carboxylic acid groups (broad SMARTS) is 1. The van der Waals surface area contributed by atoms with E-state index in [4.69, 9.17) is 5.11 Å². The Morgan fingerprint density at radius 2 is 2.29 bits per heavy atom. The fourth-order valence-corrected chi connectivity index (χ4v) is 2.09. The van der Waals surface area contributed by atoms with Gasteiger partial charge in [0, 0.05) is 17.3 Å². The van der Waals surface area contributed by atoms with Crippen LogP contribution in [0.15, 0.2) is 24.4 Å². The van der Waals surface area contributed by atoms with Gasteiger partial charge in [0.2, 0.25) is 0 Å². The molecule has 74 valence electrons. The summed E-state index contributed by atoms with van der Waals surface area (Å²) in [5.41, 5.74) is 0.765.